The van der Waals surface area contributed by atoms with Crippen molar-refractivity contribution < 1.29 is 9.47 Å². The first kappa shape index (κ1) is 11.9. The van der Waals surface area contributed by atoms with Gasteiger partial charge in [-0.25, -0.2) is 0 Å². The lowest BCUT2D eigenvalue weighted by atomic mass is 9.88. The standard InChI is InChI=1S/C15H17N3O2/c1-19-12-6-10-5-11(7-17-18-16)20-15(10)14-9-3-2-8(4-9)13(12)14/h6,8-9,11H,2-5,7H2,1H3/t8-,9+,11-/m1/s1. The molecule has 2 aliphatic carbocycles. The zero-order valence-electron chi connectivity index (χ0n) is 11.5. The predicted molar refractivity (Wildman–Crippen MR) is 74.5 cm³/mol. The minimum atomic E-state index is -0.0174. The second-order valence-electron chi connectivity index (χ2n) is 5.96. The summed E-state index contributed by atoms with van der Waals surface area (Å²) in [6.45, 7) is 0.399. The molecule has 1 heterocycles. The molecule has 3 atom stereocenters. The van der Waals surface area contributed by atoms with Gasteiger partial charge in [0.1, 0.15) is 17.6 Å². The highest BCUT2D eigenvalue weighted by Crippen LogP contribution is 2.60. The number of hydrogen-bond donors (Lipinski definition) is 0. The van der Waals surface area contributed by atoms with E-state index >= 15 is 0 Å². The van der Waals surface area contributed by atoms with E-state index < -0.39 is 0 Å². The highest BCUT2D eigenvalue weighted by molar-refractivity contribution is 5.61. The third kappa shape index (κ3) is 1.53. The SMILES string of the molecule is COc1cc2c(c3c1[C@@H]1CC[C@H]3C1)O[C@@H](CN=[N+]=[N-])C2. The van der Waals surface area contributed by atoms with E-state index in [-0.39, 0.29) is 6.10 Å². The zero-order valence-corrected chi connectivity index (χ0v) is 11.5. The Bertz CT molecular complexity index is 622. The van der Waals surface area contributed by atoms with Crippen LogP contribution in [0.1, 0.15) is 47.8 Å². The van der Waals surface area contributed by atoms with Gasteiger partial charge in [0.05, 0.1) is 13.7 Å². The summed E-state index contributed by atoms with van der Waals surface area (Å²) in [5, 5.41) is 3.65. The second kappa shape index (κ2) is 4.32. The van der Waals surface area contributed by atoms with E-state index in [0.717, 1.165) is 17.9 Å². The normalized spacial score (nSPS) is 28.6. The van der Waals surface area contributed by atoms with Gasteiger partial charge in [-0.1, -0.05) is 5.11 Å². The first-order valence-electron chi connectivity index (χ1n) is 7.23. The average molecular weight is 271 g/mol. The maximum absolute atomic E-state index is 8.45. The molecule has 20 heavy (non-hydrogen) atoms. The van der Waals surface area contributed by atoms with Gasteiger partial charge < -0.3 is 9.47 Å². The van der Waals surface area contributed by atoms with Crippen LogP contribution in [0.15, 0.2) is 11.2 Å². The lowest BCUT2D eigenvalue weighted by molar-refractivity contribution is 0.238. The summed E-state index contributed by atoms with van der Waals surface area (Å²) in [6.07, 6.45) is 4.58. The number of ether oxygens (including phenoxy) is 2. The fourth-order valence-corrected chi connectivity index (χ4v) is 4.20. The first-order chi connectivity index (χ1) is 9.81. The molecule has 0 spiro atoms. The Hall–Kier alpha value is -1.87. The lowest BCUT2D eigenvalue weighted by Gasteiger charge is -2.21. The zero-order chi connectivity index (χ0) is 13.7. The molecule has 2 bridgehead atoms. The van der Waals surface area contributed by atoms with E-state index in [2.05, 4.69) is 16.1 Å². The van der Waals surface area contributed by atoms with Crippen molar-refractivity contribution in [2.75, 3.05) is 13.7 Å². The number of rotatable bonds is 3. The maximum Gasteiger partial charge on any atom is 0.127 e. The minimum Gasteiger partial charge on any atom is -0.496 e. The van der Waals surface area contributed by atoms with Gasteiger partial charge in [0.15, 0.2) is 0 Å². The van der Waals surface area contributed by atoms with Crippen LogP contribution < -0.4 is 9.47 Å². The summed E-state index contributed by atoms with van der Waals surface area (Å²) in [7, 11) is 1.75. The second-order valence-corrected chi connectivity index (χ2v) is 5.96. The van der Waals surface area contributed by atoms with Crippen molar-refractivity contribution in [3.63, 3.8) is 0 Å². The van der Waals surface area contributed by atoms with Crippen molar-refractivity contribution in [2.24, 2.45) is 5.11 Å². The lowest BCUT2D eigenvalue weighted by Crippen LogP contribution is -2.16. The van der Waals surface area contributed by atoms with Crippen LogP contribution in [0.25, 0.3) is 10.4 Å². The van der Waals surface area contributed by atoms with Gasteiger partial charge in [0.25, 0.3) is 0 Å². The monoisotopic (exact) mass is 271 g/mol. The maximum atomic E-state index is 8.45. The smallest absolute Gasteiger partial charge is 0.127 e. The number of benzene rings is 1. The Kier molecular flexibility index (Phi) is 2.57. The van der Waals surface area contributed by atoms with Crippen molar-refractivity contribution in [1.29, 1.82) is 0 Å². The molecule has 0 amide bonds. The van der Waals surface area contributed by atoms with Gasteiger partial charge in [0, 0.05) is 28.0 Å². The predicted octanol–water partition coefficient (Wildman–Crippen LogP) is 3.67. The third-order valence-corrected chi connectivity index (χ3v) is 4.95. The Morgan fingerprint density at radius 3 is 2.95 bits per heavy atom. The molecule has 0 unspecified atom stereocenters. The molecule has 5 heteroatoms. The number of fused-ring (bicyclic) bond motifs is 7. The van der Waals surface area contributed by atoms with Crippen LogP contribution in [0.5, 0.6) is 11.5 Å². The molecule has 4 rings (SSSR count). The van der Waals surface area contributed by atoms with Crippen molar-refractivity contribution >= 4 is 0 Å². The van der Waals surface area contributed by atoms with Gasteiger partial charge >= 0.3 is 0 Å². The molecule has 1 saturated carbocycles. The highest BCUT2D eigenvalue weighted by atomic mass is 16.5. The van der Waals surface area contributed by atoms with E-state index in [0.29, 0.717) is 18.4 Å². The third-order valence-electron chi connectivity index (χ3n) is 4.95. The van der Waals surface area contributed by atoms with Gasteiger partial charge in [-0.05, 0) is 42.7 Å². The number of hydrogen-bond acceptors (Lipinski definition) is 3. The van der Waals surface area contributed by atoms with E-state index in [4.69, 9.17) is 15.0 Å². The summed E-state index contributed by atoms with van der Waals surface area (Å²) in [5.41, 5.74) is 12.4. The molecule has 1 aromatic carbocycles. The van der Waals surface area contributed by atoms with Crippen LogP contribution in [-0.4, -0.2) is 19.8 Å². The summed E-state index contributed by atoms with van der Waals surface area (Å²) in [5.74, 6) is 3.37. The van der Waals surface area contributed by atoms with Crippen LogP contribution in [0.4, 0.5) is 0 Å². The minimum absolute atomic E-state index is 0.0174. The van der Waals surface area contributed by atoms with E-state index in [9.17, 15) is 0 Å². The molecule has 0 radical (unpaired) electrons. The molecule has 0 saturated heterocycles. The molecule has 1 fully saturated rings. The van der Waals surface area contributed by atoms with Crippen LogP contribution in [0, 0.1) is 0 Å². The Morgan fingerprint density at radius 2 is 2.20 bits per heavy atom. The van der Waals surface area contributed by atoms with Crippen LogP contribution >= 0.6 is 0 Å². The van der Waals surface area contributed by atoms with Crippen LogP contribution in [0.3, 0.4) is 0 Å². The Morgan fingerprint density at radius 1 is 1.40 bits per heavy atom. The van der Waals surface area contributed by atoms with Gasteiger partial charge in [-0.2, -0.15) is 0 Å². The molecule has 104 valence electrons. The molecule has 0 aromatic heterocycles. The molecule has 0 N–H and O–H groups in total. The number of methoxy groups -OCH3 is 1. The van der Waals surface area contributed by atoms with Crippen LogP contribution in [0.2, 0.25) is 0 Å². The van der Waals surface area contributed by atoms with Crippen molar-refractivity contribution in [1.82, 2.24) is 0 Å². The fraction of sp³-hybridized carbons (Fsp3) is 0.600. The van der Waals surface area contributed by atoms with Gasteiger partial charge in [-0.3, -0.25) is 0 Å². The highest BCUT2D eigenvalue weighted by Gasteiger charge is 2.43. The quantitative estimate of drug-likeness (QED) is 0.478. The largest absolute Gasteiger partial charge is 0.496 e. The first-order valence-corrected chi connectivity index (χ1v) is 7.23. The summed E-state index contributed by atoms with van der Waals surface area (Å²) >= 11 is 0. The topological polar surface area (TPSA) is 67.2 Å². The molecular formula is C15H17N3O2. The van der Waals surface area contributed by atoms with Crippen LogP contribution in [-0.2, 0) is 6.42 Å². The number of nitrogens with zero attached hydrogens (tertiary/aromatic N) is 3. The van der Waals surface area contributed by atoms with E-state index in [1.54, 1.807) is 7.11 Å². The Balaban J connectivity index is 1.78. The summed E-state index contributed by atoms with van der Waals surface area (Å²) in [6, 6.07) is 2.13. The van der Waals surface area contributed by atoms with Gasteiger partial charge in [-0.15, -0.1) is 0 Å². The van der Waals surface area contributed by atoms with Crippen molar-refractivity contribution in [3.8, 4) is 11.5 Å². The van der Waals surface area contributed by atoms with E-state index in [1.807, 2.05) is 0 Å². The molecule has 1 aliphatic heterocycles. The van der Waals surface area contributed by atoms with E-state index in [1.165, 1.54) is 36.0 Å². The van der Waals surface area contributed by atoms with Crippen molar-refractivity contribution in [2.45, 2.75) is 43.6 Å². The summed E-state index contributed by atoms with van der Waals surface area (Å²) < 4.78 is 11.7. The molecule has 3 aliphatic rings. The average Bonchev–Trinajstić information content (AvgIpc) is 3.16. The summed E-state index contributed by atoms with van der Waals surface area (Å²) in [4.78, 5) is 2.83. The van der Waals surface area contributed by atoms with Gasteiger partial charge in [0.2, 0.25) is 0 Å². The fourth-order valence-electron chi connectivity index (χ4n) is 4.20. The molecular weight excluding hydrogens is 254 g/mol. The number of azide groups is 1. The molecule has 5 nitrogen and oxygen atoms in total. The van der Waals surface area contributed by atoms with Crippen molar-refractivity contribution in [3.05, 3.63) is 33.2 Å². The molecule has 1 aromatic rings. The Labute approximate surface area is 117 Å².